The van der Waals surface area contributed by atoms with Crippen molar-refractivity contribution in [2.24, 2.45) is 0 Å². The first-order valence-corrected chi connectivity index (χ1v) is 13.7. The van der Waals surface area contributed by atoms with Crippen molar-refractivity contribution in [3.8, 4) is 17.3 Å². The number of aromatic amines is 2. The fraction of sp³-hybridized carbons (Fsp3) is 0.219. The minimum atomic E-state index is -0.620. The Balaban J connectivity index is 1.18. The lowest BCUT2D eigenvalue weighted by Gasteiger charge is -2.40. The van der Waals surface area contributed by atoms with E-state index in [0.717, 1.165) is 17.1 Å². The first-order valence-electron chi connectivity index (χ1n) is 13.7. The third-order valence-corrected chi connectivity index (χ3v) is 7.65. The zero-order chi connectivity index (χ0) is 29.1. The zero-order valence-electron chi connectivity index (χ0n) is 22.8. The van der Waals surface area contributed by atoms with Gasteiger partial charge in [0.2, 0.25) is 0 Å². The highest BCUT2D eigenvalue weighted by Gasteiger charge is 2.32. The number of hydrogen-bond donors (Lipinski definition) is 2. The molecule has 6 rings (SSSR count). The highest BCUT2D eigenvalue weighted by atomic mass is 19.1. The molecule has 1 atom stereocenters. The number of piperazine rings is 1. The molecule has 3 heterocycles. The van der Waals surface area contributed by atoms with E-state index in [0.29, 0.717) is 54.6 Å². The number of halogens is 1. The van der Waals surface area contributed by atoms with E-state index in [9.17, 15) is 14.9 Å². The maximum absolute atomic E-state index is 15.0. The first-order chi connectivity index (χ1) is 20.5. The van der Waals surface area contributed by atoms with E-state index >= 15 is 4.39 Å². The number of amides is 1. The van der Waals surface area contributed by atoms with Gasteiger partial charge in [-0.05, 0) is 29.3 Å². The molecular weight excluding hydrogens is 533 g/mol. The van der Waals surface area contributed by atoms with Crippen LogP contribution in [0.15, 0.2) is 83.8 Å². The van der Waals surface area contributed by atoms with Gasteiger partial charge in [-0.1, -0.05) is 54.6 Å². The van der Waals surface area contributed by atoms with E-state index in [-0.39, 0.29) is 17.5 Å². The SMILES string of the molecule is N#CC[C@@H]1CN(Cc2ncc(-c3ccccc3)[nH]2)CCN1C(=O)c1cc(Cc2n[nH]c(=O)c3ccccc23)ccc1F. The zero-order valence-corrected chi connectivity index (χ0v) is 22.8. The van der Waals surface area contributed by atoms with Crippen LogP contribution in [0.4, 0.5) is 4.39 Å². The molecule has 2 aromatic heterocycles. The predicted octanol–water partition coefficient (Wildman–Crippen LogP) is 4.28. The number of fused-ring (bicyclic) bond motifs is 1. The van der Waals surface area contributed by atoms with Gasteiger partial charge in [0, 0.05) is 31.4 Å². The van der Waals surface area contributed by atoms with Crippen LogP contribution in [0.2, 0.25) is 0 Å². The Morgan fingerprint density at radius 2 is 1.83 bits per heavy atom. The quantitative estimate of drug-likeness (QED) is 0.306. The maximum Gasteiger partial charge on any atom is 0.272 e. The number of nitrogens with zero attached hydrogens (tertiary/aromatic N) is 5. The molecule has 1 aliphatic heterocycles. The summed E-state index contributed by atoms with van der Waals surface area (Å²) in [5, 5.41) is 17.5. The first kappa shape index (κ1) is 27.1. The summed E-state index contributed by atoms with van der Waals surface area (Å²) in [6.07, 6.45) is 2.24. The molecule has 0 unspecified atom stereocenters. The van der Waals surface area contributed by atoms with Crippen molar-refractivity contribution in [3.63, 3.8) is 0 Å². The minimum Gasteiger partial charge on any atom is -0.341 e. The van der Waals surface area contributed by atoms with Crippen molar-refractivity contribution >= 4 is 16.7 Å². The molecule has 3 aromatic carbocycles. The fourth-order valence-corrected chi connectivity index (χ4v) is 5.53. The third kappa shape index (κ3) is 5.55. The maximum atomic E-state index is 15.0. The molecule has 2 N–H and O–H groups in total. The van der Waals surface area contributed by atoms with Crippen molar-refractivity contribution in [3.05, 3.63) is 118 Å². The van der Waals surface area contributed by atoms with Crippen LogP contribution < -0.4 is 5.56 Å². The topological polar surface area (TPSA) is 122 Å². The lowest BCUT2D eigenvalue weighted by molar-refractivity contribution is 0.0439. The smallest absolute Gasteiger partial charge is 0.272 e. The fourth-order valence-electron chi connectivity index (χ4n) is 5.53. The molecule has 42 heavy (non-hydrogen) atoms. The van der Waals surface area contributed by atoms with Gasteiger partial charge in [0.05, 0.1) is 53.6 Å². The van der Waals surface area contributed by atoms with Crippen LogP contribution in [-0.4, -0.2) is 61.5 Å². The Kier molecular flexibility index (Phi) is 7.58. The number of hydrogen-bond acceptors (Lipinski definition) is 6. The number of carbonyl (C=O) groups excluding carboxylic acids is 1. The summed E-state index contributed by atoms with van der Waals surface area (Å²) in [5.74, 6) is -0.269. The number of rotatable bonds is 7. The summed E-state index contributed by atoms with van der Waals surface area (Å²) in [7, 11) is 0. The van der Waals surface area contributed by atoms with E-state index in [2.05, 4.69) is 31.1 Å². The Bertz CT molecular complexity index is 1840. The van der Waals surface area contributed by atoms with Gasteiger partial charge in [-0.15, -0.1) is 0 Å². The van der Waals surface area contributed by atoms with Crippen molar-refractivity contribution in [2.75, 3.05) is 19.6 Å². The Morgan fingerprint density at radius 3 is 2.64 bits per heavy atom. The van der Waals surface area contributed by atoms with Crippen LogP contribution in [0.3, 0.4) is 0 Å². The summed E-state index contributed by atoms with van der Waals surface area (Å²) in [6.45, 7) is 1.92. The second-order valence-corrected chi connectivity index (χ2v) is 10.4. The largest absolute Gasteiger partial charge is 0.341 e. The molecule has 1 fully saturated rings. The van der Waals surface area contributed by atoms with E-state index < -0.39 is 17.8 Å². The molecule has 10 heteroatoms. The van der Waals surface area contributed by atoms with E-state index in [4.69, 9.17) is 0 Å². The molecule has 0 saturated carbocycles. The van der Waals surface area contributed by atoms with Crippen LogP contribution in [0.5, 0.6) is 0 Å². The standard InChI is InChI=1S/C32H28FN7O2/c33-27-11-10-21(17-28-24-8-4-5-9-25(24)31(41)38-37-28)16-26(27)32(42)40-15-14-39(19-23(40)12-13-34)20-30-35-18-29(36-30)22-6-2-1-3-7-22/h1-11,16,18,23H,12,14-15,17,19-20H2,(H,35,36)(H,38,41)/t23-/m1/s1. The van der Waals surface area contributed by atoms with Gasteiger partial charge in [-0.25, -0.2) is 14.5 Å². The molecule has 210 valence electrons. The molecule has 0 radical (unpaired) electrons. The van der Waals surface area contributed by atoms with E-state index in [1.54, 1.807) is 35.4 Å². The van der Waals surface area contributed by atoms with Gasteiger partial charge in [-0.2, -0.15) is 10.4 Å². The highest BCUT2D eigenvalue weighted by Crippen LogP contribution is 2.23. The number of nitriles is 1. The second-order valence-electron chi connectivity index (χ2n) is 10.4. The number of H-pyrrole nitrogens is 2. The second kappa shape index (κ2) is 11.8. The van der Waals surface area contributed by atoms with Crippen LogP contribution in [0.1, 0.15) is 33.9 Å². The third-order valence-electron chi connectivity index (χ3n) is 7.65. The predicted molar refractivity (Wildman–Crippen MR) is 156 cm³/mol. The van der Waals surface area contributed by atoms with Gasteiger partial charge >= 0.3 is 0 Å². The number of nitrogens with one attached hydrogen (secondary N) is 2. The molecule has 9 nitrogen and oxygen atoms in total. The number of aromatic nitrogens is 4. The average molecular weight is 562 g/mol. The number of benzene rings is 3. The van der Waals surface area contributed by atoms with Gasteiger partial charge in [0.15, 0.2) is 0 Å². The van der Waals surface area contributed by atoms with Crippen LogP contribution >= 0.6 is 0 Å². The molecule has 0 bridgehead atoms. The summed E-state index contributed by atoms with van der Waals surface area (Å²) in [5.41, 5.74) is 2.95. The summed E-state index contributed by atoms with van der Waals surface area (Å²) in [4.78, 5) is 37.5. The summed E-state index contributed by atoms with van der Waals surface area (Å²) >= 11 is 0. The highest BCUT2D eigenvalue weighted by molar-refractivity contribution is 5.95. The van der Waals surface area contributed by atoms with Crippen molar-refractivity contribution in [1.82, 2.24) is 30.0 Å². The van der Waals surface area contributed by atoms with Crippen molar-refractivity contribution < 1.29 is 9.18 Å². The lowest BCUT2D eigenvalue weighted by atomic mass is 10.0. The molecule has 0 spiro atoms. The lowest BCUT2D eigenvalue weighted by Crippen LogP contribution is -2.55. The van der Waals surface area contributed by atoms with Crippen LogP contribution in [-0.2, 0) is 13.0 Å². The molecular formula is C32H28FN7O2. The number of carbonyl (C=O) groups is 1. The Morgan fingerprint density at radius 1 is 1.05 bits per heavy atom. The number of imidazole rings is 1. The van der Waals surface area contributed by atoms with Gasteiger partial charge < -0.3 is 9.88 Å². The monoisotopic (exact) mass is 561 g/mol. The van der Waals surface area contributed by atoms with Crippen molar-refractivity contribution in [1.29, 1.82) is 5.26 Å². The Labute approximate surface area is 241 Å². The molecule has 1 amide bonds. The van der Waals surface area contributed by atoms with Crippen LogP contribution in [0, 0.1) is 17.1 Å². The molecule has 5 aromatic rings. The van der Waals surface area contributed by atoms with Crippen LogP contribution in [0.25, 0.3) is 22.0 Å². The summed E-state index contributed by atoms with van der Waals surface area (Å²) < 4.78 is 15.0. The van der Waals surface area contributed by atoms with E-state index in [1.807, 2.05) is 42.5 Å². The normalized spacial score (nSPS) is 15.5. The van der Waals surface area contributed by atoms with Gasteiger partial charge in [-0.3, -0.25) is 14.5 Å². The summed E-state index contributed by atoms with van der Waals surface area (Å²) in [6, 6.07) is 23.3. The molecule has 1 aliphatic rings. The van der Waals surface area contributed by atoms with E-state index in [1.165, 1.54) is 6.07 Å². The van der Waals surface area contributed by atoms with Gasteiger partial charge in [0.1, 0.15) is 11.6 Å². The van der Waals surface area contributed by atoms with Crippen molar-refractivity contribution in [2.45, 2.75) is 25.4 Å². The minimum absolute atomic E-state index is 0.0452. The molecule has 0 aliphatic carbocycles. The Hall–Kier alpha value is -5.14. The molecule has 1 saturated heterocycles. The van der Waals surface area contributed by atoms with Gasteiger partial charge in [0.25, 0.3) is 11.5 Å². The average Bonchev–Trinajstić information content (AvgIpc) is 3.48.